The summed E-state index contributed by atoms with van der Waals surface area (Å²) in [6, 6.07) is 7.96. The third kappa shape index (κ3) is 3.66. The molecule has 0 aliphatic carbocycles. The van der Waals surface area contributed by atoms with E-state index in [2.05, 4.69) is 5.32 Å². The Labute approximate surface area is 96.5 Å². The Hall–Kier alpha value is -1.35. The molecule has 1 rings (SSSR count). The van der Waals surface area contributed by atoms with Gasteiger partial charge in [-0.1, -0.05) is 43.7 Å². The fraction of sp³-hybridized carbons (Fsp3) is 0.462. The zero-order chi connectivity index (χ0) is 12.1. The van der Waals surface area contributed by atoms with E-state index in [1.807, 2.05) is 45.0 Å². The van der Waals surface area contributed by atoms with Crippen LogP contribution in [0.3, 0.4) is 0 Å². The maximum absolute atomic E-state index is 11.2. The summed E-state index contributed by atoms with van der Waals surface area (Å²) < 4.78 is 0. The molecule has 0 fully saturated rings. The molecular weight excluding hydrogens is 202 g/mol. The average Bonchev–Trinajstić information content (AvgIpc) is 2.20. The SMILES string of the molecule is Cc1ccc([C@@H](CNC(C)C)C(=O)O)cc1. The minimum atomic E-state index is -0.781. The van der Waals surface area contributed by atoms with Gasteiger partial charge >= 0.3 is 5.97 Å². The molecule has 0 bridgehead atoms. The minimum Gasteiger partial charge on any atom is -0.481 e. The number of benzene rings is 1. The molecule has 3 heteroatoms. The van der Waals surface area contributed by atoms with Gasteiger partial charge in [0.15, 0.2) is 0 Å². The molecule has 0 aliphatic rings. The van der Waals surface area contributed by atoms with E-state index < -0.39 is 11.9 Å². The van der Waals surface area contributed by atoms with Crippen LogP contribution in [0, 0.1) is 6.92 Å². The summed E-state index contributed by atoms with van der Waals surface area (Å²) in [5.41, 5.74) is 2.00. The Bertz CT molecular complexity index is 343. The van der Waals surface area contributed by atoms with E-state index in [1.165, 1.54) is 0 Å². The van der Waals surface area contributed by atoms with Gasteiger partial charge in [0.1, 0.15) is 0 Å². The van der Waals surface area contributed by atoms with E-state index >= 15 is 0 Å². The molecule has 0 saturated carbocycles. The monoisotopic (exact) mass is 221 g/mol. The largest absolute Gasteiger partial charge is 0.481 e. The van der Waals surface area contributed by atoms with Crippen LogP contribution in [-0.2, 0) is 4.79 Å². The van der Waals surface area contributed by atoms with Crippen LogP contribution in [0.25, 0.3) is 0 Å². The molecule has 0 radical (unpaired) electrons. The second-order valence-electron chi connectivity index (χ2n) is 4.36. The van der Waals surface area contributed by atoms with Crippen molar-refractivity contribution >= 4 is 5.97 Å². The highest BCUT2D eigenvalue weighted by molar-refractivity contribution is 5.76. The van der Waals surface area contributed by atoms with Gasteiger partial charge in [-0.3, -0.25) is 4.79 Å². The van der Waals surface area contributed by atoms with Gasteiger partial charge in [-0.15, -0.1) is 0 Å². The van der Waals surface area contributed by atoms with Crippen molar-refractivity contribution in [2.24, 2.45) is 0 Å². The Morgan fingerprint density at radius 1 is 1.31 bits per heavy atom. The van der Waals surface area contributed by atoms with Crippen LogP contribution in [0.1, 0.15) is 30.9 Å². The van der Waals surface area contributed by atoms with Crippen molar-refractivity contribution in [2.75, 3.05) is 6.54 Å². The number of hydrogen-bond donors (Lipinski definition) is 2. The molecule has 16 heavy (non-hydrogen) atoms. The molecule has 0 aliphatic heterocycles. The summed E-state index contributed by atoms with van der Waals surface area (Å²) in [7, 11) is 0. The Morgan fingerprint density at radius 3 is 2.31 bits per heavy atom. The molecular formula is C13H19NO2. The van der Waals surface area contributed by atoms with Crippen molar-refractivity contribution in [3.63, 3.8) is 0 Å². The number of aryl methyl sites for hydroxylation is 1. The molecule has 1 aromatic rings. The Kier molecular flexibility index (Phi) is 4.50. The smallest absolute Gasteiger partial charge is 0.312 e. The van der Waals surface area contributed by atoms with Gasteiger partial charge in [-0.2, -0.15) is 0 Å². The molecule has 2 N–H and O–H groups in total. The summed E-state index contributed by atoms with van der Waals surface area (Å²) >= 11 is 0. The van der Waals surface area contributed by atoms with E-state index in [0.717, 1.165) is 11.1 Å². The molecule has 0 heterocycles. The van der Waals surface area contributed by atoms with Crippen molar-refractivity contribution in [1.82, 2.24) is 5.32 Å². The summed E-state index contributed by atoms with van der Waals surface area (Å²) in [5.74, 6) is -1.25. The van der Waals surface area contributed by atoms with E-state index in [0.29, 0.717) is 12.6 Å². The van der Waals surface area contributed by atoms with Crippen LogP contribution in [0.5, 0.6) is 0 Å². The number of carbonyl (C=O) groups is 1. The molecule has 0 aromatic heterocycles. The van der Waals surface area contributed by atoms with E-state index in [-0.39, 0.29) is 0 Å². The highest BCUT2D eigenvalue weighted by atomic mass is 16.4. The second kappa shape index (κ2) is 5.66. The van der Waals surface area contributed by atoms with E-state index in [9.17, 15) is 4.79 Å². The van der Waals surface area contributed by atoms with Crippen LogP contribution in [0.15, 0.2) is 24.3 Å². The van der Waals surface area contributed by atoms with Crippen LogP contribution in [0.2, 0.25) is 0 Å². The van der Waals surface area contributed by atoms with Crippen molar-refractivity contribution < 1.29 is 9.90 Å². The molecule has 1 atom stereocenters. The third-order valence-electron chi connectivity index (χ3n) is 2.51. The third-order valence-corrected chi connectivity index (χ3v) is 2.51. The predicted molar refractivity (Wildman–Crippen MR) is 64.7 cm³/mol. The highest BCUT2D eigenvalue weighted by Gasteiger charge is 2.19. The Morgan fingerprint density at radius 2 is 1.88 bits per heavy atom. The van der Waals surface area contributed by atoms with Gasteiger partial charge in [0.25, 0.3) is 0 Å². The first-order chi connectivity index (χ1) is 7.50. The minimum absolute atomic E-state index is 0.298. The summed E-state index contributed by atoms with van der Waals surface area (Å²) in [6.07, 6.45) is 0. The zero-order valence-electron chi connectivity index (χ0n) is 10.0. The number of hydrogen-bond acceptors (Lipinski definition) is 2. The van der Waals surface area contributed by atoms with Gasteiger partial charge in [0, 0.05) is 12.6 Å². The maximum atomic E-state index is 11.2. The molecule has 0 saturated heterocycles. The predicted octanol–water partition coefficient (Wildman–Crippen LogP) is 2.16. The first-order valence-electron chi connectivity index (χ1n) is 5.53. The first-order valence-corrected chi connectivity index (χ1v) is 5.53. The van der Waals surface area contributed by atoms with Crippen molar-refractivity contribution in [3.8, 4) is 0 Å². The van der Waals surface area contributed by atoms with Crippen molar-refractivity contribution in [2.45, 2.75) is 32.7 Å². The standard InChI is InChI=1S/C13H19NO2/c1-9(2)14-8-12(13(15)16)11-6-4-10(3)5-7-11/h4-7,9,12,14H,8H2,1-3H3,(H,15,16)/t12-/m1/s1. The molecule has 0 amide bonds. The lowest BCUT2D eigenvalue weighted by Crippen LogP contribution is -2.31. The Balaban J connectivity index is 2.77. The van der Waals surface area contributed by atoms with Crippen LogP contribution in [0.4, 0.5) is 0 Å². The second-order valence-corrected chi connectivity index (χ2v) is 4.36. The number of rotatable bonds is 5. The summed E-state index contributed by atoms with van der Waals surface area (Å²) in [6.45, 7) is 6.48. The van der Waals surface area contributed by atoms with Gasteiger partial charge in [-0.05, 0) is 12.5 Å². The van der Waals surface area contributed by atoms with Crippen molar-refractivity contribution in [3.05, 3.63) is 35.4 Å². The van der Waals surface area contributed by atoms with Crippen molar-refractivity contribution in [1.29, 1.82) is 0 Å². The van der Waals surface area contributed by atoms with Crippen LogP contribution >= 0.6 is 0 Å². The average molecular weight is 221 g/mol. The molecule has 0 unspecified atom stereocenters. The topological polar surface area (TPSA) is 49.3 Å². The molecule has 3 nitrogen and oxygen atoms in total. The first kappa shape index (κ1) is 12.7. The number of nitrogens with one attached hydrogen (secondary N) is 1. The maximum Gasteiger partial charge on any atom is 0.312 e. The van der Waals surface area contributed by atoms with Gasteiger partial charge < -0.3 is 10.4 Å². The lowest BCUT2D eigenvalue weighted by molar-refractivity contribution is -0.138. The highest BCUT2D eigenvalue weighted by Crippen LogP contribution is 2.16. The molecule has 88 valence electrons. The van der Waals surface area contributed by atoms with E-state index in [1.54, 1.807) is 0 Å². The summed E-state index contributed by atoms with van der Waals surface area (Å²) in [5, 5.41) is 12.3. The van der Waals surface area contributed by atoms with Crippen LogP contribution < -0.4 is 5.32 Å². The number of aliphatic carboxylic acids is 1. The summed E-state index contributed by atoms with van der Waals surface area (Å²) in [4.78, 5) is 11.2. The quantitative estimate of drug-likeness (QED) is 0.801. The molecule has 0 spiro atoms. The number of carboxylic acid groups (broad SMARTS) is 1. The zero-order valence-corrected chi connectivity index (χ0v) is 10.0. The number of carboxylic acids is 1. The fourth-order valence-electron chi connectivity index (χ4n) is 1.50. The van der Waals surface area contributed by atoms with Gasteiger partial charge in [0.05, 0.1) is 5.92 Å². The lowest BCUT2D eigenvalue weighted by atomic mass is 9.98. The lowest BCUT2D eigenvalue weighted by Gasteiger charge is -2.15. The van der Waals surface area contributed by atoms with Crippen LogP contribution in [-0.4, -0.2) is 23.7 Å². The van der Waals surface area contributed by atoms with Gasteiger partial charge in [-0.25, -0.2) is 0 Å². The van der Waals surface area contributed by atoms with Gasteiger partial charge in [0.2, 0.25) is 0 Å². The molecule has 1 aromatic carbocycles. The normalized spacial score (nSPS) is 12.8. The van der Waals surface area contributed by atoms with E-state index in [4.69, 9.17) is 5.11 Å². The fourth-order valence-corrected chi connectivity index (χ4v) is 1.50.